The van der Waals surface area contributed by atoms with Gasteiger partial charge in [0.1, 0.15) is 5.75 Å². The number of hydrogen-bond acceptors (Lipinski definition) is 2. The van der Waals surface area contributed by atoms with Crippen molar-refractivity contribution >= 4 is 0 Å². The Morgan fingerprint density at radius 1 is 1.12 bits per heavy atom. The summed E-state index contributed by atoms with van der Waals surface area (Å²) in [6.45, 7) is 0.777. The highest BCUT2D eigenvalue weighted by atomic mass is 16.5. The first-order valence-electron chi connectivity index (χ1n) is 6.26. The van der Waals surface area contributed by atoms with Gasteiger partial charge < -0.3 is 9.84 Å². The minimum atomic E-state index is -0.330. The molecule has 2 heteroatoms. The summed E-state index contributed by atoms with van der Waals surface area (Å²) in [7, 11) is 0. The van der Waals surface area contributed by atoms with Crippen molar-refractivity contribution in [2.75, 3.05) is 6.61 Å². The predicted octanol–water partition coefficient (Wildman–Crippen LogP) is 2.92. The summed E-state index contributed by atoms with van der Waals surface area (Å²) in [6, 6.07) is 7.92. The lowest BCUT2D eigenvalue weighted by atomic mass is 9.75. The number of aliphatic hydroxyl groups is 1. The number of hydrogen-bond donors (Lipinski definition) is 1. The van der Waals surface area contributed by atoms with Crippen LogP contribution in [0, 0.1) is 11.8 Å². The SMILES string of the molecule is O[C@H]1c2ccccc2OC[C@@H]2CCCC[C@H]21. The molecule has 1 fully saturated rings. The van der Waals surface area contributed by atoms with E-state index >= 15 is 0 Å². The van der Waals surface area contributed by atoms with Crippen LogP contribution in [0.25, 0.3) is 0 Å². The van der Waals surface area contributed by atoms with Crippen LogP contribution < -0.4 is 4.74 Å². The van der Waals surface area contributed by atoms with Crippen LogP contribution >= 0.6 is 0 Å². The molecule has 3 atom stereocenters. The van der Waals surface area contributed by atoms with Gasteiger partial charge in [-0.3, -0.25) is 0 Å². The van der Waals surface area contributed by atoms with Crippen LogP contribution in [-0.4, -0.2) is 11.7 Å². The molecule has 1 heterocycles. The molecule has 0 aromatic heterocycles. The lowest BCUT2D eigenvalue weighted by Gasteiger charge is -2.31. The molecular formula is C14H18O2. The lowest BCUT2D eigenvalue weighted by molar-refractivity contribution is 0.0422. The first-order valence-corrected chi connectivity index (χ1v) is 6.26. The largest absolute Gasteiger partial charge is 0.493 e. The minimum Gasteiger partial charge on any atom is -0.493 e. The van der Waals surface area contributed by atoms with E-state index in [4.69, 9.17) is 4.74 Å². The third-order valence-corrected chi connectivity index (χ3v) is 4.06. The highest BCUT2D eigenvalue weighted by molar-refractivity contribution is 5.36. The van der Waals surface area contributed by atoms with E-state index < -0.39 is 0 Å². The molecular weight excluding hydrogens is 200 g/mol. The van der Waals surface area contributed by atoms with E-state index in [1.807, 2.05) is 24.3 Å². The number of fused-ring (bicyclic) bond motifs is 2. The van der Waals surface area contributed by atoms with Crippen molar-refractivity contribution in [1.82, 2.24) is 0 Å². The Labute approximate surface area is 96.2 Å². The number of aliphatic hydroxyl groups excluding tert-OH is 1. The lowest BCUT2D eigenvalue weighted by Crippen LogP contribution is -2.27. The van der Waals surface area contributed by atoms with Crippen molar-refractivity contribution in [2.45, 2.75) is 31.8 Å². The summed E-state index contributed by atoms with van der Waals surface area (Å²) < 4.78 is 5.83. The zero-order valence-corrected chi connectivity index (χ0v) is 9.43. The van der Waals surface area contributed by atoms with Crippen molar-refractivity contribution in [3.8, 4) is 5.75 Å². The zero-order valence-electron chi connectivity index (χ0n) is 9.43. The van der Waals surface area contributed by atoms with Gasteiger partial charge in [0.05, 0.1) is 12.7 Å². The van der Waals surface area contributed by atoms with Crippen molar-refractivity contribution < 1.29 is 9.84 Å². The molecule has 0 unspecified atom stereocenters. The monoisotopic (exact) mass is 218 g/mol. The Bertz CT molecular complexity index is 375. The Morgan fingerprint density at radius 2 is 1.94 bits per heavy atom. The summed E-state index contributed by atoms with van der Waals surface area (Å²) in [6.07, 6.45) is 4.55. The van der Waals surface area contributed by atoms with Gasteiger partial charge in [0, 0.05) is 5.56 Å². The van der Waals surface area contributed by atoms with Gasteiger partial charge >= 0.3 is 0 Å². The van der Waals surface area contributed by atoms with E-state index in [2.05, 4.69) is 0 Å². The molecule has 1 saturated carbocycles. The van der Waals surface area contributed by atoms with Crippen LogP contribution in [0.2, 0.25) is 0 Å². The zero-order chi connectivity index (χ0) is 11.0. The third kappa shape index (κ3) is 1.61. The summed E-state index contributed by atoms with van der Waals surface area (Å²) in [5.41, 5.74) is 0.983. The molecule has 1 aliphatic carbocycles. The fraction of sp³-hybridized carbons (Fsp3) is 0.571. The van der Waals surface area contributed by atoms with Gasteiger partial charge in [-0.15, -0.1) is 0 Å². The van der Waals surface area contributed by atoms with Crippen LogP contribution in [0.1, 0.15) is 37.4 Å². The topological polar surface area (TPSA) is 29.5 Å². The molecule has 1 N–H and O–H groups in total. The Hall–Kier alpha value is -1.02. The molecule has 1 aromatic rings. The standard InChI is InChI=1S/C14H18O2/c15-14-11-6-2-1-5-10(11)9-16-13-8-4-3-7-12(13)14/h3-4,7-8,10-11,14-15H,1-2,5-6,9H2/t10-,11+,14+/m0/s1. The number of benzene rings is 1. The van der Waals surface area contributed by atoms with Crippen molar-refractivity contribution in [3.63, 3.8) is 0 Å². The van der Waals surface area contributed by atoms with Gasteiger partial charge in [-0.2, -0.15) is 0 Å². The number of rotatable bonds is 0. The quantitative estimate of drug-likeness (QED) is 0.725. The molecule has 0 amide bonds. The summed E-state index contributed by atoms with van der Waals surface area (Å²) in [5, 5.41) is 10.5. The second-order valence-electron chi connectivity index (χ2n) is 5.00. The molecule has 0 spiro atoms. The van der Waals surface area contributed by atoms with Crippen molar-refractivity contribution in [2.24, 2.45) is 11.8 Å². The average molecular weight is 218 g/mol. The molecule has 3 rings (SSSR count). The highest BCUT2D eigenvalue weighted by Gasteiger charge is 2.35. The van der Waals surface area contributed by atoms with E-state index in [0.717, 1.165) is 24.3 Å². The number of ether oxygens (including phenoxy) is 1. The average Bonchev–Trinajstić information content (AvgIpc) is 2.49. The second kappa shape index (κ2) is 4.10. The van der Waals surface area contributed by atoms with Crippen LogP contribution in [0.4, 0.5) is 0 Å². The van der Waals surface area contributed by atoms with E-state index in [1.165, 1.54) is 19.3 Å². The highest BCUT2D eigenvalue weighted by Crippen LogP contribution is 2.43. The molecule has 2 aliphatic rings. The van der Waals surface area contributed by atoms with Crippen LogP contribution in [0.5, 0.6) is 5.75 Å². The van der Waals surface area contributed by atoms with E-state index in [9.17, 15) is 5.11 Å². The van der Waals surface area contributed by atoms with Gasteiger partial charge in [-0.05, 0) is 30.7 Å². The molecule has 0 bridgehead atoms. The van der Waals surface area contributed by atoms with E-state index in [1.54, 1.807) is 0 Å². The predicted molar refractivity (Wildman–Crippen MR) is 62.3 cm³/mol. The van der Waals surface area contributed by atoms with E-state index in [-0.39, 0.29) is 6.10 Å². The first kappa shape index (κ1) is 10.2. The summed E-state index contributed by atoms with van der Waals surface area (Å²) >= 11 is 0. The normalized spacial score (nSPS) is 33.2. The molecule has 0 radical (unpaired) electrons. The van der Waals surface area contributed by atoms with Crippen LogP contribution in [0.15, 0.2) is 24.3 Å². The molecule has 0 saturated heterocycles. The Kier molecular flexibility index (Phi) is 2.60. The maximum Gasteiger partial charge on any atom is 0.125 e. The summed E-state index contributed by atoms with van der Waals surface area (Å²) in [4.78, 5) is 0. The minimum absolute atomic E-state index is 0.330. The van der Waals surface area contributed by atoms with Crippen molar-refractivity contribution in [3.05, 3.63) is 29.8 Å². The van der Waals surface area contributed by atoms with Gasteiger partial charge in [-0.25, -0.2) is 0 Å². The fourth-order valence-electron chi connectivity index (χ4n) is 3.14. The smallest absolute Gasteiger partial charge is 0.125 e. The van der Waals surface area contributed by atoms with Gasteiger partial charge in [0.25, 0.3) is 0 Å². The molecule has 1 aliphatic heterocycles. The molecule has 86 valence electrons. The van der Waals surface area contributed by atoms with Crippen LogP contribution in [-0.2, 0) is 0 Å². The Balaban J connectivity index is 1.96. The maximum atomic E-state index is 10.5. The second-order valence-corrected chi connectivity index (χ2v) is 5.00. The Morgan fingerprint density at radius 3 is 2.88 bits per heavy atom. The van der Waals surface area contributed by atoms with Crippen LogP contribution in [0.3, 0.4) is 0 Å². The molecule has 16 heavy (non-hydrogen) atoms. The van der Waals surface area contributed by atoms with Gasteiger partial charge in [0.2, 0.25) is 0 Å². The molecule has 2 nitrogen and oxygen atoms in total. The fourth-order valence-corrected chi connectivity index (χ4v) is 3.14. The molecule has 1 aromatic carbocycles. The maximum absolute atomic E-state index is 10.5. The van der Waals surface area contributed by atoms with Crippen molar-refractivity contribution in [1.29, 1.82) is 0 Å². The first-order chi connectivity index (χ1) is 7.86. The summed E-state index contributed by atoms with van der Waals surface area (Å²) in [5.74, 6) is 1.82. The van der Waals surface area contributed by atoms with E-state index in [0.29, 0.717) is 11.8 Å². The third-order valence-electron chi connectivity index (χ3n) is 4.06. The van der Waals surface area contributed by atoms with Gasteiger partial charge in [0.15, 0.2) is 0 Å². The van der Waals surface area contributed by atoms with Gasteiger partial charge in [-0.1, -0.05) is 31.0 Å². The number of para-hydroxylation sites is 1.